The van der Waals surface area contributed by atoms with Gasteiger partial charge < -0.3 is 5.73 Å². The van der Waals surface area contributed by atoms with Gasteiger partial charge in [0.15, 0.2) is 0 Å². The van der Waals surface area contributed by atoms with Crippen molar-refractivity contribution in [2.24, 2.45) is 5.73 Å². The van der Waals surface area contributed by atoms with Gasteiger partial charge in [-0.25, -0.2) is 4.39 Å². The molecule has 118 valence electrons. The minimum absolute atomic E-state index is 0.0742. The van der Waals surface area contributed by atoms with Gasteiger partial charge in [-0.3, -0.25) is 4.90 Å². The molecule has 2 rings (SSSR count). The molecule has 0 radical (unpaired) electrons. The van der Waals surface area contributed by atoms with Gasteiger partial charge in [0, 0.05) is 16.6 Å². The Labute approximate surface area is 132 Å². The van der Waals surface area contributed by atoms with Crippen LogP contribution < -0.4 is 5.73 Å². The molecule has 1 aromatic carbocycles. The van der Waals surface area contributed by atoms with Gasteiger partial charge in [0.25, 0.3) is 0 Å². The molecule has 21 heavy (non-hydrogen) atoms. The van der Waals surface area contributed by atoms with Crippen LogP contribution in [0.5, 0.6) is 0 Å². The lowest BCUT2D eigenvalue weighted by Crippen LogP contribution is -2.57. The third kappa shape index (κ3) is 4.18. The summed E-state index contributed by atoms with van der Waals surface area (Å²) in [6.07, 6.45) is 5.67. The second kappa shape index (κ2) is 7.08. The van der Waals surface area contributed by atoms with Gasteiger partial charge in [-0.1, -0.05) is 24.4 Å². The summed E-state index contributed by atoms with van der Waals surface area (Å²) >= 11 is 6.17. The third-order valence-corrected chi connectivity index (χ3v) is 5.14. The zero-order valence-corrected chi connectivity index (χ0v) is 13.8. The van der Waals surface area contributed by atoms with Crippen LogP contribution in [0.4, 0.5) is 4.39 Å². The van der Waals surface area contributed by atoms with E-state index in [9.17, 15) is 4.39 Å². The van der Waals surface area contributed by atoms with E-state index in [2.05, 4.69) is 18.7 Å². The first-order valence-electron chi connectivity index (χ1n) is 7.86. The lowest BCUT2D eigenvalue weighted by atomic mass is 9.88. The summed E-state index contributed by atoms with van der Waals surface area (Å²) < 4.78 is 13.4. The monoisotopic (exact) mass is 312 g/mol. The number of hydrogen-bond acceptors (Lipinski definition) is 2. The predicted octanol–water partition coefficient (Wildman–Crippen LogP) is 4.00. The highest BCUT2D eigenvalue weighted by atomic mass is 35.5. The molecular weight excluding hydrogens is 287 g/mol. The van der Waals surface area contributed by atoms with E-state index < -0.39 is 0 Å². The van der Waals surface area contributed by atoms with Crippen molar-refractivity contribution in [3.05, 3.63) is 34.6 Å². The summed E-state index contributed by atoms with van der Waals surface area (Å²) in [4.78, 5) is 2.48. The Morgan fingerprint density at radius 1 is 1.24 bits per heavy atom. The van der Waals surface area contributed by atoms with Crippen molar-refractivity contribution in [3.63, 3.8) is 0 Å². The summed E-state index contributed by atoms with van der Waals surface area (Å²) in [5, 5.41) is 0.596. The second-order valence-corrected chi connectivity index (χ2v) is 7.01. The molecule has 1 aliphatic rings. The number of nitrogens with zero attached hydrogens (tertiary/aromatic N) is 1. The SMILES string of the molecule is CC(C)(C(N)Cc1cc(F)ccc1Cl)N1CCCCCC1. The molecule has 0 aromatic heterocycles. The molecule has 0 amide bonds. The first-order chi connectivity index (χ1) is 9.91. The van der Waals surface area contributed by atoms with E-state index in [1.807, 2.05) is 0 Å². The molecule has 1 fully saturated rings. The normalized spacial score (nSPS) is 19.3. The summed E-state index contributed by atoms with van der Waals surface area (Å²) in [7, 11) is 0. The average molecular weight is 313 g/mol. The van der Waals surface area contributed by atoms with Crippen molar-refractivity contribution in [1.29, 1.82) is 0 Å². The molecule has 4 heteroatoms. The maximum absolute atomic E-state index is 13.4. The lowest BCUT2D eigenvalue weighted by molar-refractivity contribution is 0.0979. The fourth-order valence-corrected chi connectivity index (χ4v) is 3.26. The van der Waals surface area contributed by atoms with Gasteiger partial charge in [-0.05, 0) is 70.0 Å². The molecule has 0 saturated carbocycles. The Hall–Kier alpha value is -0.640. The molecule has 0 bridgehead atoms. The summed E-state index contributed by atoms with van der Waals surface area (Å²) in [6.45, 7) is 6.57. The van der Waals surface area contributed by atoms with Crippen LogP contribution in [0.2, 0.25) is 5.02 Å². The third-order valence-electron chi connectivity index (χ3n) is 4.78. The van der Waals surface area contributed by atoms with Crippen molar-refractivity contribution in [2.75, 3.05) is 13.1 Å². The first kappa shape index (κ1) is 16.7. The van der Waals surface area contributed by atoms with E-state index >= 15 is 0 Å². The Balaban J connectivity index is 2.09. The van der Waals surface area contributed by atoms with Crippen molar-refractivity contribution < 1.29 is 4.39 Å². The van der Waals surface area contributed by atoms with E-state index in [1.54, 1.807) is 6.07 Å². The van der Waals surface area contributed by atoms with Crippen LogP contribution >= 0.6 is 11.6 Å². The number of rotatable bonds is 4. The number of hydrogen-bond donors (Lipinski definition) is 1. The Morgan fingerprint density at radius 2 is 1.86 bits per heavy atom. The van der Waals surface area contributed by atoms with Gasteiger partial charge in [0.2, 0.25) is 0 Å². The zero-order valence-electron chi connectivity index (χ0n) is 13.0. The summed E-state index contributed by atoms with van der Waals surface area (Å²) in [6, 6.07) is 4.42. The predicted molar refractivity (Wildman–Crippen MR) is 87.2 cm³/mol. The van der Waals surface area contributed by atoms with Crippen LogP contribution in [0.15, 0.2) is 18.2 Å². The number of nitrogens with two attached hydrogens (primary N) is 1. The van der Waals surface area contributed by atoms with Gasteiger partial charge in [-0.15, -0.1) is 0 Å². The maximum atomic E-state index is 13.4. The highest BCUT2D eigenvalue weighted by Crippen LogP contribution is 2.26. The van der Waals surface area contributed by atoms with Crippen LogP contribution in [-0.4, -0.2) is 29.6 Å². The van der Waals surface area contributed by atoms with Crippen molar-refractivity contribution in [1.82, 2.24) is 4.90 Å². The van der Waals surface area contributed by atoms with Gasteiger partial charge in [0.05, 0.1) is 0 Å². The van der Waals surface area contributed by atoms with Crippen molar-refractivity contribution >= 4 is 11.6 Å². The first-order valence-corrected chi connectivity index (χ1v) is 8.23. The molecule has 2 N–H and O–H groups in total. The zero-order chi connectivity index (χ0) is 15.5. The van der Waals surface area contributed by atoms with E-state index in [0.717, 1.165) is 18.7 Å². The Bertz CT molecular complexity index is 468. The van der Waals surface area contributed by atoms with Crippen molar-refractivity contribution in [2.45, 2.75) is 57.5 Å². The van der Waals surface area contributed by atoms with E-state index in [4.69, 9.17) is 17.3 Å². The highest BCUT2D eigenvalue weighted by molar-refractivity contribution is 6.31. The molecule has 0 spiro atoms. The van der Waals surface area contributed by atoms with Gasteiger partial charge in [-0.2, -0.15) is 0 Å². The number of likely N-dealkylation sites (tertiary alicyclic amines) is 1. The van der Waals surface area contributed by atoms with Crippen LogP contribution in [0.3, 0.4) is 0 Å². The molecule has 1 heterocycles. The van der Waals surface area contributed by atoms with Crippen LogP contribution in [0.1, 0.15) is 45.1 Å². The van der Waals surface area contributed by atoms with Crippen LogP contribution in [0.25, 0.3) is 0 Å². The molecule has 1 unspecified atom stereocenters. The van der Waals surface area contributed by atoms with Crippen LogP contribution in [0, 0.1) is 5.82 Å². The molecule has 1 aliphatic heterocycles. The van der Waals surface area contributed by atoms with Crippen LogP contribution in [-0.2, 0) is 6.42 Å². The fourth-order valence-electron chi connectivity index (χ4n) is 3.07. The van der Waals surface area contributed by atoms with Gasteiger partial charge >= 0.3 is 0 Å². The largest absolute Gasteiger partial charge is 0.326 e. The number of halogens is 2. The Morgan fingerprint density at radius 3 is 2.48 bits per heavy atom. The number of benzene rings is 1. The van der Waals surface area contributed by atoms with Crippen molar-refractivity contribution in [3.8, 4) is 0 Å². The summed E-state index contributed by atoms with van der Waals surface area (Å²) in [5.41, 5.74) is 7.15. The Kier molecular flexibility index (Phi) is 5.64. The minimum Gasteiger partial charge on any atom is -0.326 e. The molecule has 1 atom stereocenters. The molecule has 1 saturated heterocycles. The van der Waals surface area contributed by atoms with E-state index in [0.29, 0.717) is 11.4 Å². The van der Waals surface area contributed by atoms with E-state index in [1.165, 1.54) is 37.8 Å². The maximum Gasteiger partial charge on any atom is 0.123 e. The molecule has 1 aromatic rings. The topological polar surface area (TPSA) is 29.3 Å². The smallest absolute Gasteiger partial charge is 0.123 e. The van der Waals surface area contributed by atoms with E-state index in [-0.39, 0.29) is 17.4 Å². The lowest BCUT2D eigenvalue weighted by Gasteiger charge is -2.42. The summed E-state index contributed by atoms with van der Waals surface area (Å²) in [5.74, 6) is -0.255. The molecule has 2 nitrogen and oxygen atoms in total. The van der Waals surface area contributed by atoms with Gasteiger partial charge in [0.1, 0.15) is 5.82 Å². The highest BCUT2D eigenvalue weighted by Gasteiger charge is 2.33. The average Bonchev–Trinajstić information content (AvgIpc) is 2.72. The minimum atomic E-state index is -0.255. The molecular formula is C17H26ClFN2. The second-order valence-electron chi connectivity index (χ2n) is 6.60. The molecule has 0 aliphatic carbocycles. The quantitative estimate of drug-likeness (QED) is 0.910. The fraction of sp³-hybridized carbons (Fsp3) is 0.647. The standard InChI is InChI=1S/C17H26ClFN2/c1-17(2,21-9-5-3-4-6-10-21)16(20)12-13-11-14(19)7-8-15(13)18/h7-8,11,16H,3-6,9-10,12,20H2,1-2H3.